The summed E-state index contributed by atoms with van der Waals surface area (Å²) in [6.45, 7) is 1.31. The SMILES string of the molecule is CC(=NNC(=O)C(=O)Nc1ccc(C(F)(F)F)cc1)c1ccc(OCC(N)=O)cc1. The lowest BCUT2D eigenvalue weighted by molar-refractivity contribution is -0.137. The molecule has 0 aliphatic rings. The predicted octanol–water partition coefficient (Wildman–Crippen LogP) is 2.05. The van der Waals surface area contributed by atoms with Crippen LogP contribution in [0.15, 0.2) is 53.6 Å². The fourth-order valence-corrected chi connectivity index (χ4v) is 2.13. The first-order chi connectivity index (χ1) is 14.1. The van der Waals surface area contributed by atoms with Crippen molar-refractivity contribution in [2.45, 2.75) is 13.1 Å². The second kappa shape index (κ2) is 9.54. The number of nitrogens with zero attached hydrogens (tertiary/aromatic N) is 1. The highest BCUT2D eigenvalue weighted by Gasteiger charge is 2.30. The molecular weight excluding hydrogens is 405 g/mol. The molecule has 0 radical (unpaired) electrons. The first-order valence-electron chi connectivity index (χ1n) is 8.40. The molecule has 0 aliphatic carbocycles. The Bertz CT molecular complexity index is 955. The first kappa shape index (κ1) is 22.4. The summed E-state index contributed by atoms with van der Waals surface area (Å²) < 4.78 is 42.7. The molecule has 2 aromatic carbocycles. The summed E-state index contributed by atoms with van der Waals surface area (Å²) in [6.07, 6.45) is -4.50. The molecule has 0 heterocycles. The smallest absolute Gasteiger partial charge is 0.416 e. The minimum absolute atomic E-state index is 0.0235. The third-order valence-corrected chi connectivity index (χ3v) is 3.65. The van der Waals surface area contributed by atoms with E-state index in [0.717, 1.165) is 24.3 Å². The number of nitrogens with two attached hydrogens (primary N) is 1. The van der Waals surface area contributed by atoms with Gasteiger partial charge in [-0.05, 0) is 61.0 Å². The molecule has 0 fully saturated rings. The van der Waals surface area contributed by atoms with Gasteiger partial charge in [0.05, 0.1) is 11.3 Å². The van der Waals surface area contributed by atoms with E-state index in [1.807, 2.05) is 0 Å². The van der Waals surface area contributed by atoms with E-state index >= 15 is 0 Å². The Morgan fingerprint density at radius 2 is 1.60 bits per heavy atom. The van der Waals surface area contributed by atoms with Gasteiger partial charge in [-0.15, -0.1) is 0 Å². The zero-order valence-corrected chi connectivity index (χ0v) is 15.6. The number of amides is 3. The molecule has 11 heteroatoms. The van der Waals surface area contributed by atoms with E-state index in [9.17, 15) is 27.6 Å². The number of hydrogen-bond acceptors (Lipinski definition) is 5. The summed E-state index contributed by atoms with van der Waals surface area (Å²) in [4.78, 5) is 34.4. The fourth-order valence-electron chi connectivity index (χ4n) is 2.13. The second-order valence-corrected chi connectivity index (χ2v) is 5.95. The Kier molecular flexibility index (Phi) is 7.13. The van der Waals surface area contributed by atoms with Crippen molar-refractivity contribution >= 4 is 29.1 Å². The normalized spacial score (nSPS) is 11.5. The van der Waals surface area contributed by atoms with Crippen LogP contribution < -0.4 is 21.2 Å². The number of hydrogen-bond donors (Lipinski definition) is 3. The lowest BCUT2D eigenvalue weighted by Gasteiger charge is -2.08. The third kappa shape index (κ3) is 6.62. The Hall–Kier alpha value is -3.89. The van der Waals surface area contributed by atoms with Gasteiger partial charge >= 0.3 is 18.0 Å². The van der Waals surface area contributed by atoms with Gasteiger partial charge in [-0.2, -0.15) is 18.3 Å². The number of benzene rings is 2. The van der Waals surface area contributed by atoms with Crippen molar-refractivity contribution < 1.29 is 32.3 Å². The summed E-state index contributed by atoms with van der Waals surface area (Å²) in [6, 6.07) is 9.99. The van der Waals surface area contributed by atoms with Crippen molar-refractivity contribution in [2.75, 3.05) is 11.9 Å². The number of primary amides is 1. The number of rotatable bonds is 6. The molecule has 0 aliphatic heterocycles. The molecule has 30 heavy (non-hydrogen) atoms. The van der Waals surface area contributed by atoms with Crippen molar-refractivity contribution in [3.8, 4) is 5.75 Å². The van der Waals surface area contributed by atoms with E-state index in [1.54, 1.807) is 31.2 Å². The average molecular weight is 422 g/mol. The number of halogens is 3. The van der Waals surface area contributed by atoms with E-state index in [4.69, 9.17) is 10.5 Å². The van der Waals surface area contributed by atoms with Crippen LogP contribution >= 0.6 is 0 Å². The number of ether oxygens (including phenoxy) is 1. The van der Waals surface area contributed by atoms with E-state index in [2.05, 4.69) is 15.8 Å². The van der Waals surface area contributed by atoms with Gasteiger partial charge in [-0.25, -0.2) is 5.43 Å². The van der Waals surface area contributed by atoms with Gasteiger partial charge in [0, 0.05) is 5.69 Å². The number of nitrogens with one attached hydrogen (secondary N) is 2. The highest BCUT2D eigenvalue weighted by molar-refractivity contribution is 6.39. The fraction of sp³-hybridized carbons (Fsp3) is 0.158. The van der Waals surface area contributed by atoms with Gasteiger partial charge in [0.2, 0.25) is 0 Å². The average Bonchev–Trinajstić information content (AvgIpc) is 2.70. The van der Waals surface area contributed by atoms with Gasteiger partial charge in [0.25, 0.3) is 5.91 Å². The van der Waals surface area contributed by atoms with Crippen LogP contribution in [0.5, 0.6) is 5.75 Å². The number of alkyl halides is 3. The number of anilines is 1. The molecule has 0 saturated heterocycles. The quantitative estimate of drug-likeness (QED) is 0.375. The molecule has 0 atom stereocenters. The molecule has 0 bridgehead atoms. The molecule has 0 spiro atoms. The van der Waals surface area contributed by atoms with Crippen LogP contribution in [-0.2, 0) is 20.6 Å². The molecule has 8 nitrogen and oxygen atoms in total. The molecule has 2 rings (SSSR count). The van der Waals surface area contributed by atoms with Gasteiger partial charge in [0.15, 0.2) is 6.61 Å². The Labute approximate surface area is 168 Å². The van der Waals surface area contributed by atoms with Gasteiger partial charge < -0.3 is 15.8 Å². The number of hydrazone groups is 1. The van der Waals surface area contributed by atoms with Crippen LogP contribution in [0, 0.1) is 0 Å². The van der Waals surface area contributed by atoms with Crippen LogP contribution in [-0.4, -0.2) is 30.0 Å². The van der Waals surface area contributed by atoms with Gasteiger partial charge in [0.1, 0.15) is 5.75 Å². The van der Waals surface area contributed by atoms with Crippen LogP contribution in [0.25, 0.3) is 0 Å². The number of carbonyl (C=O) groups excluding carboxylic acids is 3. The highest BCUT2D eigenvalue weighted by Crippen LogP contribution is 2.29. The maximum absolute atomic E-state index is 12.5. The molecule has 4 N–H and O–H groups in total. The minimum atomic E-state index is -4.50. The van der Waals surface area contributed by atoms with Gasteiger partial charge in [-0.1, -0.05) is 0 Å². The van der Waals surface area contributed by atoms with E-state index in [1.165, 1.54) is 0 Å². The zero-order valence-electron chi connectivity index (χ0n) is 15.6. The first-order valence-corrected chi connectivity index (χ1v) is 8.40. The monoisotopic (exact) mass is 422 g/mol. The molecule has 158 valence electrons. The lowest BCUT2D eigenvalue weighted by atomic mass is 10.1. The summed E-state index contributed by atoms with van der Waals surface area (Å²) >= 11 is 0. The summed E-state index contributed by atoms with van der Waals surface area (Å²) in [5.41, 5.74) is 7.15. The second-order valence-electron chi connectivity index (χ2n) is 5.95. The van der Waals surface area contributed by atoms with Crippen LogP contribution in [0.4, 0.5) is 18.9 Å². The van der Waals surface area contributed by atoms with Crippen LogP contribution in [0.3, 0.4) is 0 Å². The topological polar surface area (TPSA) is 123 Å². The molecule has 0 saturated carbocycles. The van der Waals surface area contributed by atoms with E-state index < -0.39 is 29.5 Å². The lowest BCUT2D eigenvalue weighted by Crippen LogP contribution is -2.33. The van der Waals surface area contributed by atoms with Crippen molar-refractivity contribution in [3.63, 3.8) is 0 Å². The molecule has 0 aromatic heterocycles. The number of carbonyl (C=O) groups is 3. The van der Waals surface area contributed by atoms with Crippen molar-refractivity contribution in [1.82, 2.24) is 5.43 Å². The van der Waals surface area contributed by atoms with Crippen LogP contribution in [0.2, 0.25) is 0 Å². The zero-order chi connectivity index (χ0) is 22.3. The van der Waals surface area contributed by atoms with Crippen molar-refractivity contribution in [2.24, 2.45) is 10.8 Å². The standard InChI is InChI=1S/C19H17F3N4O4/c1-11(12-2-8-15(9-3-12)30-10-16(23)27)25-26-18(29)17(28)24-14-6-4-13(5-7-14)19(20,21)22/h2-9H,10H2,1H3,(H2,23,27)(H,24,28)(H,26,29). The molecule has 3 amide bonds. The third-order valence-electron chi connectivity index (χ3n) is 3.65. The Balaban J connectivity index is 1.92. The maximum atomic E-state index is 12.5. The van der Waals surface area contributed by atoms with Crippen LogP contribution in [0.1, 0.15) is 18.1 Å². The van der Waals surface area contributed by atoms with Gasteiger partial charge in [-0.3, -0.25) is 14.4 Å². The highest BCUT2D eigenvalue weighted by atomic mass is 19.4. The van der Waals surface area contributed by atoms with Crippen molar-refractivity contribution in [3.05, 3.63) is 59.7 Å². The molecular formula is C19H17F3N4O4. The largest absolute Gasteiger partial charge is 0.484 e. The van der Waals surface area contributed by atoms with E-state index in [0.29, 0.717) is 17.0 Å². The predicted molar refractivity (Wildman–Crippen MR) is 102 cm³/mol. The molecule has 0 unspecified atom stereocenters. The van der Waals surface area contributed by atoms with E-state index in [-0.39, 0.29) is 12.3 Å². The Morgan fingerprint density at radius 3 is 2.13 bits per heavy atom. The van der Waals surface area contributed by atoms with Crippen molar-refractivity contribution in [1.29, 1.82) is 0 Å². The molecule has 2 aromatic rings. The maximum Gasteiger partial charge on any atom is 0.416 e. The summed E-state index contributed by atoms with van der Waals surface area (Å²) in [5.74, 6) is -2.41. The summed E-state index contributed by atoms with van der Waals surface area (Å²) in [5, 5.41) is 5.97. The minimum Gasteiger partial charge on any atom is -0.484 e. The Morgan fingerprint density at radius 1 is 1.00 bits per heavy atom. The summed E-state index contributed by atoms with van der Waals surface area (Å²) in [7, 11) is 0.